The minimum Gasteiger partial charge on any atom is -0.370 e. The maximum atomic E-state index is 4.73. The second-order valence-electron chi connectivity index (χ2n) is 5.44. The molecule has 1 heterocycles. The predicted octanol–water partition coefficient (Wildman–Crippen LogP) is 3.76. The Hall–Kier alpha value is -1.12. The van der Waals surface area contributed by atoms with E-state index >= 15 is 0 Å². The Morgan fingerprint density at radius 3 is 2.50 bits per heavy atom. The first-order chi connectivity index (χ1) is 8.72. The van der Waals surface area contributed by atoms with Crippen molar-refractivity contribution in [3.63, 3.8) is 0 Å². The molecule has 0 aromatic carbocycles. The summed E-state index contributed by atoms with van der Waals surface area (Å²) in [5.74, 6) is 3.52. The Bertz CT molecular complexity index is 381. The summed E-state index contributed by atoms with van der Waals surface area (Å²) in [6.07, 6.45) is 6.12. The lowest BCUT2D eigenvalue weighted by Gasteiger charge is -2.25. The summed E-state index contributed by atoms with van der Waals surface area (Å²) in [5.41, 5.74) is 1.16. The molecule has 0 saturated heterocycles. The number of nitrogens with one attached hydrogen (secondary N) is 1. The van der Waals surface area contributed by atoms with E-state index < -0.39 is 0 Å². The molecular weight excluding hydrogens is 222 g/mol. The van der Waals surface area contributed by atoms with Crippen LogP contribution in [0.3, 0.4) is 0 Å². The second kappa shape index (κ2) is 6.17. The Kier molecular flexibility index (Phi) is 4.56. The van der Waals surface area contributed by atoms with Crippen molar-refractivity contribution in [3.05, 3.63) is 17.6 Å². The van der Waals surface area contributed by atoms with Crippen LogP contribution in [0.4, 0.5) is 5.82 Å². The molecule has 1 aliphatic rings. The first-order valence-corrected chi connectivity index (χ1v) is 7.34. The van der Waals surface area contributed by atoms with Crippen LogP contribution in [0, 0.1) is 5.92 Å². The van der Waals surface area contributed by atoms with Crippen molar-refractivity contribution in [2.24, 2.45) is 5.92 Å². The van der Waals surface area contributed by atoms with E-state index in [0.29, 0.717) is 5.92 Å². The normalized spacial score (nSPS) is 23.9. The van der Waals surface area contributed by atoms with E-state index in [1.54, 1.807) is 0 Å². The monoisotopic (exact) mass is 247 g/mol. The first-order valence-electron chi connectivity index (χ1n) is 7.34. The summed E-state index contributed by atoms with van der Waals surface area (Å²) in [5, 5.41) is 3.32. The zero-order valence-electron chi connectivity index (χ0n) is 11.9. The predicted molar refractivity (Wildman–Crippen MR) is 75.9 cm³/mol. The average Bonchev–Trinajstić information content (AvgIpc) is 2.39. The quantitative estimate of drug-likeness (QED) is 0.880. The van der Waals surface area contributed by atoms with E-state index in [9.17, 15) is 0 Å². The molecule has 1 aromatic rings. The van der Waals surface area contributed by atoms with Crippen LogP contribution in [0.1, 0.15) is 63.9 Å². The summed E-state index contributed by atoms with van der Waals surface area (Å²) in [7, 11) is 0. The van der Waals surface area contributed by atoms with Gasteiger partial charge in [-0.2, -0.15) is 0 Å². The van der Waals surface area contributed by atoms with Crippen LogP contribution in [0.2, 0.25) is 0 Å². The molecule has 0 amide bonds. The molecular formula is C15H25N3. The van der Waals surface area contributed by atoms with Crippen LogP contribution < -0.4 is 5.32 Å². The molecule has 1 N–H and O–H groups in total. The van der Waals surface area contributed by atoms with E-state index in [1.807, 2.05) is 0 Å². The summed E-state index contributed by atoms with van der Waals surface area (Å²) < 4.78 is 0. The second-order valence-corrected chi connectivity index (χ2v) is 5.44. The molecule has 3 heteroatoms. The number of hydrogen-bond donors (Lipinski definition) is 1. The molecule has 0 unspecified atom stereocenters. The molecule has 0 spiro atoms. The van der Waals surface area contributed by atoms with Gasteiger partial charge in [0.15, 0.2) is 0 Å². The maximum Gasteiger partial charge on any atom is 0.134 e. The molecule has 3 nitrogen and oxygen atoms in total. The van der Waals surface area contributed by atoms with Crippen molar-refractivity contribution < 1.29 is 0 Å². The molecule has 0 radical (unpaired) electrons. The van der Waals surface area contributed by atoms with Crippen LogP contribution >= 0.6 is 0 Å². The fraction of sp³-hybridized carbons (Fsp3) is 0.733. The summed E-state index contributed by atoms with van der Waals surface area (Å²) in [4.78, 5) is 9.43. The van der Waals surface area contributed by atoms with Crippen molar-refractivity contribution in [2.45, 2.75) is 58.8 Å². The third-order valence-electron chi connectivity index (χ3n) is 3.90. The first kappa shape index (κ1) is 13.3. The largest absolute Gasteiger partial charge is 0.370 e. The van der Waals surface area contributed by atoms with Crippen LogP contribution in [0.25, 0.3) is 0 Å². The zero-order valence-corrected chi connectivity index (χ0v) is 11.9. The lowest BCUT2D eigenvalue weighted by Crippen LogP contribution is -2.15. The van der Waals surface area contributed by atoms with Gasteiger partial charge in [-0.15, -0.1) is 0 Å². The van der Waals surface area contributed by atoms with E-state index in [0.717, 1.165) is 36.2 Å². The van der Waals surface area contributed by atoms with Crippen molar-refractivity contribution in [1.82, 2.24) is 9.97 Å². The van der Waals surface area contributed by atoms with E-state index in [1.165, 1.54) is 25.7 Å². The van der Waals surface area contributed by atoms with Gasteiger partial charge in [0.1, 0.15) is 11.6 Å². The van der Waals surface area contributed by atoms with Crippen LogP contribution in [0.15, 0.2) is 6.07 Å². The molecule has 1 saturated carbocycles. The number of aryl methyl sites for hydroxylation is 1. The van der Waals surface area contributed by atoms with Gasteiger partial charge in [0.2, 0.25) is 0 Å². The van der Waals surface area contributed by atoms with Gasteiger partial charge in [-0.05, 0) is 32.1 Å². The average molecular weight is 247 g/mol. The van der Waals surface area contributed by atoms with Crippen molar-refractivity contribution in [3.8, 4) is 0 Å². The van der Waals surface area contributed by atoms with Gasteiger partial charge in [0.05, 0.1) is 0 Å². The summed E-state index contributed by atoms with van der Waals surface area (Å²) in [6, 6.07) is 2.08. The highest BCUT2D eigenvalue weighted by Crippen LogP contribution is 2.34. The number of rotatable bonds is 4. The SMILES string of the molecule is CCNc1cc(CC)nc(C2CCC(C)CC2)n1. The van der Waals surface area contributed by atoms with Gasteiger partial charge in [-0.25, -0.2) is 9.97 Å². The van der Waals surface area contributed by atoms with Gasteiger partial charge in [-0.3, -0.25) is 0 Å². The van der Waals surface area contributed by atoms with Crippen molar-refractivity contribution in [1.29, 1.82) is 0 Å². The molecule has 18 heavy (non-hydrogen) atoms. The van der Waals surface area contributed by atoms with Gasteiger partial charge < -0.3 is 5.32 Å². The molecule has 1 aliphatic carbocycles. The number of aromatic nitrogens is 2. The molecule has 1 aromatic heterocycles. The van der Waals surface area contributed by atoms with Crippen molar-refractivity contribution >= 4 is 5.82 Å². The van der Waals surface area contributed by atoms with Gasteiger partial charge in [0, 0.05) is 24.2 Å². The van der Waals surface area contributed by atoms with Gasteiger partial charge >= 0.3 is 0 Å². The standard InChI is InChI=1S/C15H25N3/c1-4-13-10-14(16-5-2)18-15(17-13)12-8-6-11(3)7-9-12/h10-12H,4-9H2,1-3H3,(H,16,17,18). The molecule has 100 valence electrons. The van der Waals surface area contributed by atoms with E-state index in [4.69, 9.17) is 9.97 Å². The smallest absolute Gasteiger partial charge is 0.134 e. The molecule has 0 atom stereocenters. The number of nitrogens with zero attached hydrogens (tertiary/aromatic N) is 2. The van der Waals surface area contributed by atoms with Crippen LogP contribution in [0.5, 0.6) is 0 Å². The Balaban J connectivity index is 2.17. The lowest BCUT2D eigenvalue weighted by molar-refractivity contribution is 0.339. The summed E-state index contributed by atoms with van der Waals surface area (Å²) >= 11 is 0. The lowest BCUT2D eigenvalue weighted by atomic mass is 9.82. The number of anilines is 1. The van der Waals surface area contributed by atoms with Gasteiger partial charge in [-0.1, -0.05) is 26.7 Å². The van der Waals surface area contributed by atoms with E-state index in [-0.39, 0.29) is 0 Å². The topological polar surface area (TPSA) is 37.8 Å². The molecule has 0 aliphatic heterocycles. The highest BCUT2D eigenvalue weighted by molar-refractivity contribution is 5.36. The highest BCUT2D eigenvalue weighted by Gasteiger charge is 2.22. The van der Waals surface area contributed by atoms with Crippen LogP contribution in [-0.2, 0) is 6.42 Å². The highest BCUT2D eigenvalue weighted by atomic mass is 15.0. The third kappa shape index (κ3) is 3.21. The maximum absolute atomic E-state index is 4.73. The number of hydrogen-bond acceptors (Lipinski definition) is 3. The van der Waals surface area contributed by atoms with Crippen LogP contribution in [-0.4, -0.2) is 16.5 Å². The third-order valence-corrected chi connectivity index (χ3v) is 3.90. The Morgan fingerprint density at radius 2 is 1.89 bits per heavy atom. The molecule has 0 bridgehead atoms. The Labute approximate surface area is 110 Å². The minimum atomic E-state index is 0.574. The molecule has 2 rings (SSSR count). The Morgan fingerprint density at radius 1 is 1.17 bits per heavy atom. The summed E-state index contributed by atoms with van der Waals surface area (Å²) in [6.45, 7) is 7.53. The minimum absolute atomic E-state index is 0.574. The van der Waals surface area contributed by atoms with E-state index in [2.05, 4.69) is 32.2 Å². The zero-order chi connectivity index (χ0) is 13.0. The fourth-order valence-electron chi connectivity index (χ4n) is 2.67. The van der Waals surface area contributed by atoms with Gasteiger partial charge in [0.25, 0.3) is 0 Å². The van der Waals surface area contributed by atoms with Crippen molar-refractivity contribution in [2.75, 3.05) is 11.9 Å². The molecule has 1 fully saturated rings. The fourth-order valence-corrected chi connectivity index (χ4v) is 2.67.